The Morgan fingerprint density at radius 2 is 2.33 bits per heavy atom. The SMILES string of the molecule is CC#CCCC(NCC)c1ccc2c(c1)CCO2. The Hall–Kier alpha value is -1.46. The molecule has 1 aliphatic rings. The van der Waals surface area contributed by atoms with Gasteiger partial charge in [0.05, 0.1) is 6.61 Å². The van der Waals surface area contributed by atoms with E-state index in [2.05, 4.69) is 42.3 Å². The van der Waals surface area contributed by atoms with E-state index in [9.17, 15) is 0 Å². The molecule has 2 rings (SSSR count). The highest BCUT2D eigenvalue weighted by atomic mass is 16.5. The van der Waals surface area contributed by atoms with Crippen LogP contribution in [-0.2, 0) is 6.42 Å². The zero-order chi connectivity index (χ0) is 12.8. The molecule has 1 atom stereocenters. The molecule has 1 aromatic carbocycles. The molecular formula is C16H21NO. The maximum Gasteiger partial charge on any atom is 0.122 e. The third-order valence-corrected chi connectivity index (χ3v) is 3.30. The first-order valence-electron chi connectivity index (χ1n) is 6.73. The minimum Gasteiger partial charge on any atom is -0.493 e. The fraction of sp³-hybridized carbons (Fsp3) is 0.500. The summed E-state index contributed by atoms with van der Waals surface area (Å²) in [7, 11) is 0. The van der Waals surface area contributed by atoms with E-state index < -0.39 is 0 Å². The third-order valence-electron chi connectivity index (χ3n) is 3.30. The van der Waals surface area contributed by atoms with Gasteiger partial charge < -0.3 is 10.1 Å². The lowest BCUT2D eigenvalue weighted by atomic mass is 9.99. The lowest BCUT2D eigenvalue weighted by Crippen LogP contribution is -2.20. The Balaban J connectivity index is 2.10. The Kier molecular flexibility index (Phi) is 4.66. The number of hydrogen-bond acceptors (Lipinski definition) is 2. The van der Waals surface area contributed by atoms with E-state index in [1.54, 1.807) is 0 Å². The zero-order valence-electron chi connectivity index (χ0n) is 11.3. The van der Waals surface area contributed by atoms with Crippen LogP contribution in [-0.4, -0.2) is 13.2 Å². The summed E-state index contributed by atoms with van der Waals surface area (Å²) in [6.07, 6.45) is 3.05. The molecule has 96 valence electrons. The van der Waals surface area contributed by atoms with Crippen molar-refractivity contribution < 1.29 is 4.74 Å². The fourth-order valence-electron chi connectivity index (χ4n) is 2.40. The maximum atomic E-state index is 5.55. The molecule has 0 fully saturated rings. The normalized spacial score (nSPS) is 14.3. The van der Waals surface area contributed by atoms with E-state index in [-0.39, 0.29) is 0 Å². The zero-order valence-corrected chi connectivity index (χ0v) is 11.3. The summed E-state index contributed by atoms with van der Waals surface area (Å²) in [5.41, 5.74) is 2.70. The van der Waals surface area contributed by atoms with Gasteiger partial charge in [0.15, 0.2) is 0 Å². The largest absolute Gasteiger partial charge is 0.493 e. The van der Waals surface area contributed by atoms with Crippen molar-refractivity contribution in [2.75, 3.05) is 13.2 Å². The van der Waals surface area contributed by atoms with Gasteiger partial charge in [-0.2, -0.15) is 0 Å². The number of fused-ring (bicyclic) bond motifs is 1. The monoisotopic (exact) mass is 243 g/mol. The van der Waals surface area contributed by atoms with Crippen LogP contribution in [0.4, 0.5) is 0 Å². The Bertz CT molecular complexity index is 456. The van der Waals surface area contributed by atoms with Crippen LogP contribution < -0.4 is 10.1 Å². The average Bonchev–Trinajstić information content (AvgIpc) is 2.85. The van der Waals surface area contributed by atoms with Crippen molar-refractivity contribution in [1.82, 2.24) is 5.32 Å². The topological polar surface area (TPSA) is 21.3 Å². The van der Waals surface area contributed by atoms with Crippen LogP contribution in [0.25, 0.3) is 0 Å². The van der Waals surface area contributed by atoms with E-state index in [1.165, 1.54) is 11.1 Å². The molecule has 1 N–H and O–H groups in total. The van der Waals surface area contributed by atoms with Gasteiger partial charge in [0.25, 0.3) is 0 Å². The van der Waals surface area contributed by atoms with Crippen molar-refractivity contribution in [2.45, 2.75) is 39.2 Å². The minimum atomic E-state index is 0.404. The van der Waals surface area contributed by atoms with Crippen molar-refractivity contribution in [1.29, 1.82) is 0 Å². The van der Waals surface area contributed by atoms with Gasteiger partial charge in [-0.05, 0) is 37.1 Å². The fourth-order valence-corrected chi connectivity index (χ4v) is 2.40. The number of benzene rings is 1. The Morgan fingerprint density at radius 3 is 3.11 bits per heavy atom. The van der Waals surface area contributed by atoms with Crippen molar-refractivity contribution in [3.8, 4) is 17.6 Å². The summed E-state index contributed by atoms with van der Waals surface area (Å²) in [6.45, 7) is 5.85. The van der Waals surface area contributed by atoms with Crippen molar-refractivity contribution in [3.05, 3.63) is 29.3 Å². The van der Waals surface area contributed by atoms with Crippen molar-refractivity contribution in [3.63, 3.8) is 0 Å². The smallest absolute Gasteiger partial charge is 0.122 e. The molecule has 2 heteroatoms. The number of hydrogen-bond donors (Lipinski definition) is 1. The van der Waals surface area contributed by atoms with Crippen LogP contribution in [0.5, 0.6) is 5.75 Å². The summed E-state index contributed by atoms with van der Waals surface area (Å²) in [4.78, 5) is 0. The maximum absolute atomic E-state index is 5.55. The third kappa shape index (κ3) is 3.05. The quantitative estimate of drug-likeness (QED) is 0.802. The first kappa shape index (κ1) is 13.0. The van der Waals surface area contributed by atoms with Crippen molar-refractivity contribution in [2.24, 2.45) is 0 Å². The Labute approximate surface area is 110 Å². The van der Waals surface area contributed by atoms with Gasteiger partial charge in [0.1, 0.15) is 5.75 Å². The molecule has 0 aromatic heterocycles. The first-order chi connectivity index (χ1) is 8.85. The summed E-state index contributed by atoms with van der Waals surface area (Å²) in [5, 5.41) is 3.54. The minimum absolute atomic E-state index is 0.404. The predicted molar refractivity (Wildman–Crippen MR) is 74.7 cm³/mol. The van der Waals surface area contributed by atoms with Gasteiger partial charge in [0, 0.05) is 18.9 Å². The molecule has 2 nitrogen and oxygen atoms in total. The second kappa shape index (κ2) is 6.47. The van der Waals surface area contributed by atoms with Crippen LogP contribution in [0.2, 0.25) is 0 Å². The van der Waals surface area contributed by atoms with Gasteiger partial charge in [-0.15, -0.1) is 11.8 Å². The molecule has 1 aromatic rings. The summed E-state index contributed by atoms with van der Waals surface area (Å²) in [5.74, 6) is 7.16. The summed E-state index contributed by atoms with van der Waals surface area (Å²) >= 11 is 0. The molecule has 0 spiro atoms. The van der Waals surface area contributed by atoms with E-state index in [0.29, 0.717) is 6.04 Å². The summed E-state index contributed by atoms with van der Waals surface area (Å²) < 4.78 is 5.55. The molecular weight excluding hydrogens is 222 g/mol. The van der Waals surface area contributed by atoms with Gasteiger partial charge >= 0.3 is 0 Å². The molecule has 0 saturated carbocycles. The molecule has 0 saturated heterocycles. The lowest BCUT2D eigenvalue weighted by molar-refractivity contribution is 0.356. The average molecular weight is 243 g/mol. The number of nitrogens with one attached hydrogen (secondary N) is 1. The molecule has 0 amide bonds. The van der Waals surface area contributed by atoms with Crippen LogP contribution in [0.3, 0.4) is 0 Å². The standard InChI is InChI=1S/C16H21NO/c1-3-5-6-7-15(17-4-2)13-8-9-16-14(12-13)10-11-18-16/h8-9,12,15,17H,4,6-7,10-11H2,1-2H3. The second-order valence-electron chi connectivity index (χ2n) is 4.54. The van der Waals surface area contributed by atoms with Gasteiger partial charge in [-0.25, -0.2) is 0 Å². The van der Waals surface area contributed by atoms with Crippen LogP contribution >= 0.6 is 0 Å². The molecule has 0 radical (unpaired) electrons. The van der Waals surface area contributed by atoms with E-state index >= 15 is 0 Å². The predicted octanol–water partition coefficient (Wildman–Crippen LogP) is 3.08. The lowest BCUT2D eigenvalue weighted by Gasteiger charge is -2.18. The highest BCUT2D eigenvalue weighted by molar-refractivity contribution is 5.40. The summed E-state index contributed by atoms with van der Waals surface area (Å²) in [6, 6.07) is 6.97. The van der Waals surface area contributed by atoms with Gasteiger partial charge in [-0.3, -0.25) is 0 Å². The first-order valence-corrected chi connectivity index (χ1v) is 6.73. The van der Waals surface area contributed by atoms with E-state index in [4.69, 9.17) is 4.74 Å². The molecule has 0 aliphatic carbocycles. The van der Waals surface area contributed by atoms with Crippen molar-refractivity contribution >= 4 is 0 Å². The second-order valence-corrected chi connectivity index (χ2v) is 4.54. The van der Waals surface area contributed by atoms with E-state index in [0.717, 1.165) is 38.2 Å². The molecule has 1 unspecified atom stereocenters. The highest BCUT2D eigenvalue weighted by Crippen LogP contribution is 2.29. The molecule has 1 heterocycles. The molecule has 18 heavy (non-hydrogen) atoms. The van der Waals surface area contributed by atoms with Gasteiger partial charge in [-0.1, -0.05) is 19.1 Å². The molecule has 0 bridgehead atoms. The number of rotatable bonds is 5. The van der Waals surface area contributed by atoms with Crippen LogP contribution in [0.1, 0.15) is 43.9 Å². The molecule has 1 aliphatic heterocycles. The van der Waals surface area contributed by atoms with E-state index in [1.807, 2.05) is 6.92 Å². The Morgan fingerprint density at radius 1 is 1.44 bits per heavy atom. The number of ether oxygens (including phenoxy) is 1. The van der Waals surface area contributed by atoms with Crippen LogP contribution in [0.15, 0.2) is 18.2 Å². The van der Waals surface area contributed by atoms with Crippen LogP contribution in [0, 0.1) is 11.8 Å². The van der Waals surface area contributed by atoms with Gasteiger partial charge in [0.2, 0.25) is 0 Å². The highest BCUT2D eigenvalue weighted by Gasteiger charge is 2.16.